The third kappa shape index (κ3) is 3.45. The SMILES string of the molecule is N/N=C(\N)C1CCCN(c2ncnc3cccc(-c4ccc(Cl)c(Cl)c4)c23)C1. The molecule has 0 aliphatic carbocycles. The van der Waals surface area contributed by atoms with Crippen LogP contribution in [0.1, 0.15) is 12.8 Å². The molecular weight excluding hydrogens is 395 g/mol. The van der Waals surface area contributed by atoms with E-state index in [-0.39, 0.29) is 5.92 Å². The van der Waals surface area contributed by atoms with Crippen molar-refractivity contribution in [1.29, 1.82) is 0 Å². The number of hydrazone groups is 1. The maximum absolute atomic E-state index is 6.26. The van der Waals surface area contributed by atoms with Crippen molar-refractivity contribution in [2.45, 2.75) is 12.8 Å². The Bertz CT molecular complexity index is 1050. The first kappa shape index (κ1) is 18.8. The molecule has 0 radical (unpaired) electrons. The molecule has 1 unspecified atom stereocenters. The lowest BCUT2D eigenvalue weighted by Gasteiger charge is -2.33. The van der Waals surface area contributed by atoms with E-state index in [0.29, 0.717) is 22.4 Å². The second kappa shape index (κ2) is 7.81. The lowest BCUT2D eigenvalue weighted by atomic mass is 9.95. The van der Waals surface area contributed by atoms with Crippen molar-refractivity contribution < 1.29 is 0 Å². The smallest absolute Gasteiger partial charge is 0.140 e. The topological polar surface area (TPSA) is 93.4 Å². The van der Waals surface area contributed by atoms with Crippen LogP contribution in [0.15, 0.2) is 47.8 Å². The lowest BCUT2D eigenvalue weighted by molar-refractivity contribution is 0.501. The Morgan fingerprint density at radius 1 is 1.14 bits per heavy atom. The van der Waals surface area contributed by atoms with Gasteiger partial charge in [-0.3, -0.25) is 0 Å². The normalized spacial score (nSPS) is 17.9. The van der Waals surface area contributed by atoms with E-state index in [4.69, 9.17) is 34.8 Å². The zero-order valence-corrected chi connectivity index (χ0v) is 16.7. The first-order valence-electron chi connectivity index (χ1n) is 9.06. The summed E-state index contributed by atoms with van der Waals surface area (Å²) in [5.74, 6) is 6.87. The molecule has 8 heteroatoms. The minimum absolute atomic E-state index is 0.112. The van der Waals surface area contributed by atoms with Gasteiger partial charge in [-0.15, -0.1) is 0 Å². The molecule has 1 fully saturated rings. The number of nitrogens with two attached hydrogens (primary N) is 2. The minimum atomic E-state index is 0.112. The van der Waals surface area contributed by atoms with Gasteiger partial charge in [0.2, 0.25) is 0 Å². The Morgan fingerprint density at radius 3 is 2.79 bits per heavy atom. The van der Waals surface area contributed by atoms with E-state index >= 15 is 0 Å². The zero-order chi connectivity index (χ0) is 19.7. The van der Waals surface area contributed by atoms with E-state index in [1.54, 1.807) is 12.4 Å². The number of benzene rings is 2. The summed E-state index contributed by atoms with van der Waals surface area (Å²) in [6.45, 7) is 1.60. The number of rotatable bonds is 3. The minimum Gasteiger partial charge on any atom is -0.385 e. The average molecular weight is 415 g/mol. The molecule has 0 spiro atoms. The van der Waals surface area contributed by atoms with E-state index in [1.165, 1.54) is 0 Å². The monoisotopic (exact) mass is 414 g/mol. The van der Waals surface area contributed by atoms with Gasteiger partial charge in [-0.05, 0) is 42.2 Å². The largest absolute Gasteiger partial charge is 0.385 e. The highest BCUT2D eigenvalue weighted by Crippen LogP contribution is 2.37. The molecule has 0 amide bonds. The zero-order valence-electron chi connectivity index (χ0n) is 15.1. The molecule has 28 heavy (non-hydrogen) atoms. The Morgan fingerprint density at radius 2 is 2.00 bits per heavy atom. The number of aromatic nitrogens is 2. The van der Waals surface area contributed by atoms with Crippen LogP contribution in [0.5, 0.6) is 0 Å². The summed E-state index contributed by atoms with van der Waals surface area (Å²) in [5, 5.41) is 5.71. The summed E-state index contributed by atoms with van der Waals surface area (Å²) in [7, 11) is 0. The predicted octanol–water partition coefficient (Wildman–Crippen LogP) is 4.05. The van der Waals surface area contributed by atoms with Crippen LogP contribution in [0.3, 0.4) is 0 Å². The van der Waals surface area contributed by atoms with E-state index in [0.717, 1.165) is 47.2 Å². The number of nitrogens with zero attached hydrogens (tertiary/aromatic N) is 4. The number of fused-ring (bicyclic) bond motifs is 1. The van der Waals surface area contributed by atoms with Crippen molar-refractivity contribution in [2.24, 2.45) is 22.6 Å². The first-order chi connectivity index (χ1) is 13.6. The van der Waals surface area contributed by atoms with Gasteiger partial charge < -0.3 is 16.5 Å². The van der Waals surface area contributed by atoms with Gasteiger partial charge in [0.1, 0.15) is 18.0 Å². The van der Waals surface area contributed by atoms with Crippen molar-refractivity contribution >= 4 is 45.8 Å². The summed E-state index contributed by atoms with van der Waals surface area (Å²) < 4.78 is 0. The van der Waals surface area contributed by atoms with Crippen LogP contribution in [0.2, 0.25) is 10.0 Å². The lowest BCUT2D eigenvalue weighted by Crippen LogP contribution is -2.42. The molecule has 144 valence electrons. The molecule has 2 heterocycles. The van der Waals surface area contributed by atoms with Crippen molar-refractivity contribution in [1.82, 2.24) is 9.97 Å². The number of halogens is 2. The van der Waals surface area contributed by atoms with Gasteiger partial charge in [0, 0.05) is 19.0 Å². The fraction of sp³-hybridized carbons (Fsp3) is 0.250. The number of hydrogen-bond acceptors (Lipinski definition) is 5. The molecule has 1 aliphatic heterocycles. The molecule has 0 bridgehead atoms. The van der Waals surface area contributed by atoms with Gasteiger partial charge in [0.15, 0.2) is 0 Å². The average Bonchev–Trinajstić information content (AvgIpc) is 2.74. The van der Waals surface area contributed by atoms with Gasteiger partial charge in [-0.1, -0.05) is 41.4 Å². The molecule has 1 saturated heterocycles. The van der Waals surface area contributed by atoms with Crippen LogP contribution in [0, 0.1) is 5.92 Å². The summed E-state index contributed by atoms with van der Waals surface area (Å²) in [6.07, 6.45) is 3.55. The van der Waals surface area contributed by atoms with Crippen molar-refractivity contribution in [3.05, 3.63) is 52.8 Å². The van der Waals surface area contributed by atoms with E-state index in [9.17, 15) is 0 Å². The molecule has 1 aromatic heterocycles. The van der Waals surface area contributed by atoms with Gasteiger partial charge in [0.05, 0.1) is 20.9 Å². The Balaban J connectivity index is 1.84. The van der Waals surface area contributed by atoms with E-state index in [1.807, 2.05) is 30.3 Å². The fourth-order valence-corrected chi connectivity index (χ4v) is 4.05. The van der Waals surface area contributed by atoms with Crippen LogP contribution in [-0.2, 0) is 0 Å². The van der Waals surface area contributed by atoms with E-state index < -0.39 is 0 Å². The van der Waals surface area contributed by atoms with E-state index in [2.05, 4.69) is 20.0 Å². The summed E-state index contributed by atoms with van der Waals surface area (Å²) in [5.41, 5.74) is 8.84. The highest BCUT2D eigenvalue weighted by molar-refractivity contribution is 6.42. The molecule has 0 saturated carbocycles. The van der Waals surface area contributed by atoms with Gasteiger partial charge >= 0.3 is 0 Å². The number of hydrogen-bond donors (Lipinski definition) is 2. The second-order valence-electron chi connectivity index (χ2n) is 6.86. The number of piperidine rings is 1. The number of anilines is 1. The van der Waals surface area contributed by atoms with Crippen molar-refractivity contribution in [3.8, 4) is 11.1 Å². The second-order valence-corrected chi connectivity index (χ2v) is 7.68. The molecule has 1 atom stereocenters. The van der Waals surface area contributed by atoms with Crippen LogP contribution in [0.25, 0.3) is 22.0 Å². The maximum atomic E-state index is 6.26. The Kier molecular flexibility index (Phi) is 5.24. The first-order valence-corrected chi connectivity index (χ1v) is 9.81. The fourth-order valence-electron chi connectivity index (χ4n) is 3.75. The quantitative estimate of drug-likeness (QED) is 0.291. The molecule has 3 aromatic rings. The highest BCUT2D eigenvalue weighted by atomic mass is 35.5. The van der Waals surface area contributed by atoms with Gasteiger partial charge in [0.25, 0.3) is 0 Å². The van der Waals surface area contributed by atoms with Crippen molar-refractivity contribution in [3.63, 3.8) is 0 Å². The summed E-state index contributed by atoms with van der Waals surface area (Å²) in [6, 6.07) is 11.6. The molecule has 1 aliphatic rings. The predicted molar refractivity (Wildman–Crippen MR) is 116 cm³/mol. The van der Waals surface area contributed by atoms with Gasteiger partial charge in [-0.2, -0.15) is 5.10 Å². The molecule has 2 aromatic carbocycles. The van der Waals surface area contributed by atoms with Crippen LogP contribution in [0.4, 0.5) is 5.82 Å². The summed E-state index contributed by atoms with van der Waals surface area (Å²) in [4.78, 5) is 11.3. The van der Waals surface area contributed by atoms with Gasteiger partial charge in [-0.25, -0.2) is 9.97 Å². The van der Waals surface area contributed by atoms with Crippen LogP contribution >= 0.6 is 23.2 Å². The molecule has 4 N–H and O–H groups in total. The standard InChI is InChI=1S/C20H20Cl2N6/c21-15-7-6-12(9-16(15)22)14-4-1-5-17-18(14)20(26-11-25-17)28-8-2-3-13(10-28)19(23)27-24/h1,4-7,9,11,13H,2-3,8,10,24H2,(H2,23,27). The Labute approximate surface area is 173 Å². The third-order valence-corrected chi connectivity index (χ3v) is 5.90. The van der Waals surface area contributed by atoms with Crippen molar-refractivity contribution in [2.75, 3.05) is 18.0 Å². The molecule has 4 rings (SSSR count). The van der Waals surface area contributed by atoms with Crippen LogP contribution < -0.4 is 16.5 Å². The maximum Gasteiger partial charge on any atom is 0.140 e. The molecular formula is C20H20Cl2N6. The Hall–Kier alpha value is -2.57. The van der Waals surface area contributed by atoms with Crippen LogP contribution in [-0.4, -0.2) is 28.9 Å². The third-order valence-electron chi connectivity index (χ3n) is 5.16. The number of amidine groups is 1. The highest BCUT2D eigenvalue weighted by Gasteiger charge is 2.26. The molecule has 6 nitrogen and oxygen atoms in total. The summed E-state index contributed by atoms with van der Waals surface area (Å²) >= 11 is 12.4.